The highest BCUT2D eigenvalue weighted by molar-refractivity contribution is 6.31. The molecule has 1 amide bonds. The zero-order valence-corrected chi connectivity index (χ0v) is 16.3. The number of carbonyl (C=O) groups is 1. The molecule has 5 nitrogen and oxygen atoms in total. The maximum atomic E-state index is 12.4. The minimum atomic E-state index is 0.0349. The van der Waals surface area contributed by atoms with Gasteiger partial charge in [0, 0.05) is 37.9 Å². The summed E-state index contributed by atoms with van der Waals surface area (Å²) in [6, 6.07) is 0. The molecular formula is C19H30ClN3O2. The second-order valence-electron chi connectivity index (χ2n) is 7.33. The molecule has 140 valence electrons. The molecule has 1 aliphatic heterocycles. The molecule has 0 unspecified atom stereocenters. The fourth-order valence-corrected chi connectivity index (χ4v) is 3.61. The Bertz CT molecular complexity index is 602. The van der Waals surface area contributed by atoms with Crippen molar-refractivity contribution in [3.05, 3.63) is 22.5 Å². The van der Waals surface area contributed by atoms with Crippen LogP contribution in [0.1, 0.15) is 50.8 Å². The van der Waals surface area contributed by atoms with Crippen LogP contribution in [-0.4, -0.2) is 45.4 Å². The van der Waals surface area contributed by atoms with Gasteiger partial charge in [-0.05, 0) is 50.5 Å². The van der Waals surface area contributed by atoms with E-state index in [0.717, 1.165) is 56.6 Å². The van der Waals surface area contributed by atoms with Crippen LogP contribution < -0.4 is 0 Å². The summed E-state index contributed by atoms with van der Waals surface area (Å²) >= 11 is 6.41. The molecule has 1 N–H and O–H groups in total. The lowest BCUT2D eigenvalue weighted by Gasteiger charge is -2.31. The molecule has 1 aromatic rings. The topological polar surface area (TPSA) is 58.4 Å². The van der Waals surface area contributed by atoms with Crippen molar-refractivity contribution >= 4 is 23.6 Å². The highest BCUT2D eigenvalue weighted by Gasteiger charge is 2.21. The van der Waals surface area contributed by atoms with Crippen LogP contribution in [0.15, 0.2) is 6.08 Å². The number of rotatable bonds is 7. The van der Waals surface area contributed by atoms with Gasteiger partial charge in [0.25, 0.3) is 0 Å². The van der Waals surface area contributed by atoms with Crippen molar-refractivity contribution in [3.8, 4) is 0 Å². The Hall–Kier alpha value is -1.33. The van der Waals surface area contributed by atoms with Gasteiger partial charge in [-0.25, -0.2) is 0 Å². The van der Waals surface area contributed by atoms with Gasteiger partial charge in [-0.2, -0.15) is 5.10 Å². The molecule has 0 saturated carbocycles. The summed E-state index contributed by atoms with van der Waals surface area (Å²) in [5.74, 6) is 1.13. The highest BCUT2D eigenvalue weighted by atomic mass is 35.5. The van der Waals surface area contributed by atoms with E-state index in [9.17, 15) is 4.79 Å². The second kappa shape index (κ2) is 9.39. The molecule has 1 fully saturated rings. The van der Waals surface area contributed by atoms with Gasteiger partial charge in [0.05, 0.1) is 5.69 Å². The van der Waals surface area contributed by atoms with E-state index in [1.165, 1.54) is 0 Å². The van der Waals surface area contributed by atoms with Crippen molar-refractivity contribution in [2.24, 2.45) is 11.8 Å². The third-order valence-electron chi connectivity index (χ3n) is 4.74. The zero-order chi connectivity index (χ0) is 18.4. The summed E-state index contributed by atoms with van der Waals surface area (Å²) in [5.41, 5.74) is 1.67. The predicted molar refractivity (Wildman–Crippen MR) is 101 cm³/mol. The molecule has 2 heterocycles. The van der Waals surface area contributed by atoms with Crippen LogP contribution in [0.5, 0.6) is 0 Å². The lowest BCUT2D eigenvalue weighted by atomic mass is 9.92. The molecule has 6 heteroatoms. The molecule has 0 spiro atoms. The van der Waals surface area contributed by atoms with Crippen LogP contribution in [0.3, 0.4) is 0 Å². The number of amides is 1. The fourth-order valence-electron chi connectivity index (χ4n) is 3.31. The van der Waals surface area contributed by atoms with Crippen molar-refractivity contribution in [2.75, 3.05) is 19.7 Å². The number of aliphatic hydroxyl groups is 1. The van der Waals surface area contributed by atoms with Crippen LogP contribution in [-0.2, 0) is 11.3 Å². The molecule has 2 rings (SSSR count). The number of carbonyl (C=O) groups excluding carboxylic acids is 1. The first kappa shape index (κ1) is 20.0. The standard InChI is InChI=1S/C19H30ClN3O2/c1-14(2)13-23-19(20)17(15(3)21-23)6-7-18(25)22-10-8-16(9-11-22)5-4-12-24/h6-7,14,16,24H,4-5,8-13H2,1-3H3/b7-6+. The van der Waals surface area contributed by atoms with Gasteiger partial charge in [-0.3, -0.25) is 9.48 Å². The molecule has 0 bridgehead atoms. The molecule has 1 aromatic heterocycles. The number of hydrogen-bond acceptors (Lipinski definition) is 3. The van der Waals surface area contributed by atoms with E-state index in [0.29, 0.717) is 17.0 Å². The maximum absolute atomic E-state index is 12.4. The smallest absolute Gasteiger partial charge is 0.246 e. The van der Waals surface area contributed by atoms with Crippen LogP contribution >= 0.6 is 11.6 Å². The Morgan fingerprint density at radius 1 is 1.40 bits per heavy atom. The Morgan fingerprint density at radius 2 is 2.08 bits per heavy atom. The van der Waals surface area contributed by atoms with Gasteiger partial charge in [-0.15, -0.1) is 0 Å². The van der Waals surface area contributed by atoms with Crippen molar-refractivity contribution in [3.63, 3.8) is 0 Å². The van der Waals surface area contributed by atoms with Gasteiger partial charge >= 0.3 is 0 Å². The zero-order valence-electron chi connectivity index (χ0n) is 15.5. The Balaban J connectivity index is 1.94. The first-order chi connectivity index (χ1) is 11.9. The summed E-state index contributed by atoms with van der Waals surface area (Å²) < 4.78 is 1.80. The van der Waals surface area contributed by atoms with E-state index < -0.39 is 0 Å². The molecule has 0 atom stereocenters. The van der Waals surface area contributed by atoms with E-state index in [1.54, 1.807) is 16.8 Å². The number of halogens is 1. The van der Waals surface area contributed by atoms with Crippen LogP contribution in [0.25, 0.3) is 6.08 Å². The monoisotopic (exact) mass is 367 g/mol. The first-order valence-corrected chi connectivity index (χ1v) is 9.61. The van der Waals surface area contributed by atoms with Crippen molar-refractivity contribution in [1.82, 2.24) is 14.7 Å². The fraction of sp³-hybridized carbons (Fsp3) is 0.684. The average molecular weight is 368 g/mol. The van der Waals surface area contributed by atoms with Crippen LogP contribution in [0.4, 0.5) is 0 Å². The summed E-state index contributed by atoms with van der Waals surface area (Å²) in [4.78, 5) is 14.3. The largest absolute Gasteiger partial charge is 0.396 e. The maximum Gasteiger partial charge on any atom is 0.246 e. The second-order valence-corrected chi connectivity index (χ2v) is 7.69. The van der Waals surface area contributed by atoms with E-state index in [1.807, 2.05) is 11.8 Å². The van der Waals surface area contributed by atoms with Gasteiger partial charge in [0.15, 0.2) is 0 Å². The molecule has 0 aliphatic carbocycles. The van der Waals surface area contributed by atoms with Crippen molar-refractivity contribution in [1.29, 1.82) is 0 Å². The summed E-state index contributed by atoms with van der Waals surface area (Å²) in [6.45, 7) is 8.76. The minimum Gasteiger partial charge on any atom is -0.396 e. The van der Waals surface area contributed by atoms with Gasteiger partial charge < -0.3 is 10.0 Å². The first-order valence-electron chi connectivity index (χ1n) is 9.23. The normalized spacial score (nSPS) is 16.3. The number of aryl methyl sites for hydroxylation is 1. The van der Waals surface area contributed by atoms with E-state index in [4.69, 9.17) is 16.7 Å². The quantitative estimate of drug-likeness (QED) is 0.750. The number of aliphatic hydroxyl groups excluding tert-OH is 1. The van der Waals surface area contributed by atoms with Gasteiger partial charge in [-0.1, -0.05) is 25.4 Å². The van der Waals surface area contributed by atoms with Gasteiger partial charge in [0.2, 0.25) is 5.91 Å². The van der Waals surface area contributed by atoms with Crippen molar-refractivity contribution in [2.45, 2.75) is 53.0 Å². The third-order valence-corrected chi connectivity index (χ3v) is 5.14. The van der Waals surface area contributed by atoms with Crippen LogP contribution in [0.2, 0.25) is 5.15 Å². The molecule has 0 aromatic carbocycles. The highest BCUT2D eigenvalue weighted by Crippen LogP contribution is 2.24. The Kier molecular flexibility index (Phi) is 7.51. The molecule has 1 aliphatic rings. The van der Waals surface area contributed by atoms with Crippen LogP contribution in [0, 0.1) is 18.8 Å². The number of likely N-dealkylation sites (tertiary alicyclic amines) is 1. The lowest BCUT2D eigenvalue weighted by Crippen LogP contribution is -2.37. The van der Waals surface area contributed by atoms with E-state index in [2.05, 4.69) is 18.9 Å². The van der Waals surface area contributed by atoms with E-state index >= 15 is 0 Å². The predicted octanol–water partition coefficient (Wildman–Crippen LogP) is 3.53. The Labute approximate surface area is 155 Å². The number of hydrogen-bond donors (Lipinski definition) is 1. The molecule has 0 radical (unpaired) electrons. The molecule has 25 heavy (non-hydrogen) atoms. The van der Waals surface area contributed by atoms with Gasteiger partial charge in [0.1, 0.15) is 5.15 Å². The number of piperidine rings is 1. The SMILES string of the molecule is Cc1nn(CC(C)C)c(Cl)c1/C=C/C(=O)N1CCC(CCCO)CC1. The molecular weight excluding hydrogens is 338 g/mol. The summed E-state index contributed by atoms with van der Waals surface area (Å²) in [7, 11) is 0. The number of aromatic nitrogens is 2. The number of nitrogens with zero attached hydrogens (tertiary/aromatic N) is 3. The molecule has 1 saturated heterocycles. The summed E-state index contributed by atoms with van der Waals surface area (Å²) in [6.07, 6.45) is 7.36. The Morgan fingerprint density at radius 3 is 2.68 bits per heavy atom. The third kappa shape index (κ3) is 5.58. The van der Waals surface area contributed by atoms with Crippen molar-refractivity contribution < 1.29 is 9.90 Å². The average Bonchev–Trinajstić information content (AvgIpc) is 2.84. The lowest BCUT2D eigenvalue weighted by molar-refractivity contribution is -0.127. The summed E-state index contributed by atoms with van der Waals surface area (Å²) in [5, 5.41) is 14.0. The van der Waals surface area contributed by atoms with E-state index in [-0.39, 0.29) is 12.5 Å². The minimum absolute atomic E-state index is 0.0349.